The number of hydrogen-bond acceptors (Lipinski definition) is 4. The fourth-order valence-corrected chi connectivity index (χ4v) is 4.12. The van der Waals surface area contributed by atoms with Crippen molar-refractivity contribution < 1.29 is 4.42 Å². The second-order valence-electron chi connectivity index (χ2n) is 6.94. The van der Waals surface area contributed by atoms with Gasteiger partial charge in [-0.05, 0) is 53.0 Å². The number of thiazole rings is 1. The molecule has 0 aromatic carbocycles. The number of aromatic nitrogens is 1. The average molecular weight is 304 g/mol. The maximum absolute atomic E-state index is 5.42. The molecular weight excluding hydrogens is 280 g/mol. The standard InChI is InChI=1S/C17H24N2OS/c1-11-13(8-9-20-11)16-19-15-12(10-18-17(2,3)4)6-5-7-14(15)21-16/h8-9,12,18H,5-7,10H2,1-4H3. The molecule has 1 unspecified atom stereocenters. The first kappa shape index (κ1) is 14.8. The molecule has 1 N–H and O–H groups in total. The molecule has 0 amide bonds. The normalized spacial score (nSPS) is 18.8. The zero-order chi connectivity index (χ0) is 15.0. The summed E-state index contributed by atoms with van der Waals surface area (Å²) in [7, 11) is 0. The van der Waals surface area contributed by atoms with E-state index in [1.807, 2.05) is 24.3 Å². The molecule has 1 aliphatic carbocycles. The highest BCUT2D eigenvalue weighted by Gasteiger charge is 2.26. The highest BCUT2D eigenvalue weighted by atomic mass is 32.1. The van der Waals surface area contributed by atoms with Crippen molar-refractivity contribution in [1.82, 2.24) is 10.3 Å². The van der Waals surface area contributed by atoms with Gasteiger partial charge in [0.2, 0.25) is 0 Å². The van der Waals surface area contributed by atoms with E-state index in [0.29, 0.717) is 5.92 Å². The molecule has 3 nitrogen and oxygen atoms in total. The Balaban J connectivity index is 1.85. The van der Waals surface area contributed by atoms with E-state index in [2.05, 4.69) is 26.1 Å². The van der Waals surface area contributed by atoms with Gasteiger partial charge < -0.3 is 9.73 Å². The van der Waals surface area contributed by atoms with E-state index in [4.69, 9.17) is 9.40 Å². The molecule has 4 heteroatoms. The van der Waals surface area contributed by atoms with Crippen LogP contribution in [0.15, 0.2) is 16.7 Å². The summed E-state index contributed by atoms with van der Waals surface area (Å²) in [6.45, 7) is 9.69. The van der Waals surface area contributed by atoms with Crippen molar-refractivity contribution >= 4 is 11.3 Å². The van der Waals surface area contributed by atoms with Crippen LogP contribution in [0.1, 0.15) is 55.9 Å². The van der Waals surface area contributed by atoms with E-state index >= 15 is 0 Å². The zero-order valence-electron chi connectivity index (χ0n) is 13.3. The number of nitrogens with zero attached hydrogens (tertiary/aromatic N) is 1. The molecule has 0 saturated heterocycles. The Kier molecular flexibility index (Phi) is 3.93. The van der Waals surface area contributed by atoms with Gasteiger partial charge in [-0.25, -0.2) is 4.98 Å². The largest absolute Gasteiger partial charge is 0.469 e. The summed E-state index contributed by atoms with van der Waals surface area (Å²) in [5, 5.41) is 4.75. The van der Waals surface area contributed by atoms with Gasteiger partial charge in [-0.2, -0.15) is 0 Å². The third kappa shape index (κ3) is 3.22. The summed E-state index contributed by atoms with van der Waals surface area (Å²) in [4.78, 5) is 6.42. The minimum Gasteiger partial charge on any atom is -0.469 e. The lowest BCUT2D eigenvalue weighted by atomic mass is 9.90. The molecule has 2 heterocycles. The van der Waals surface area contributed by atoms with Crippen molar-refractivity contribution in [1.29, 1.82) is 0 Å². The van der Waals surface area contributed by atoms with Gasteiger partial charge in [0.1, 0.15) is 10.8 Å². The predicted molar refractivity (Wildman–Crippen MR) is 88.0 cm³/mol. The number of rotatable bonds is 3. The Morgan fingerprint density at radius 3 is 2.90 bits per heavy atom. The van der Waals surface area contributed by atoms with Crippen molar-refractivity contribution in [2.75, 3.05) is 6.54 Å². The Labute approximate surface area is 130 Å². The van der Waals surface area contributed by atoms with Crippen LogP contribution in [0.5, 0.6) is 0 Å². The summed E-state index contributed by atoms with van der Waals surface area (Å²) >= 11 is 1.85. The van der Waals surface area contributed by atoms with Crippen LogP contribution >= 0.6 is 11.3 Å². The van der Waals surface area contributed by atoms with Gasteiger partial charge in [0, 0.05) is 22.9 Å². The second kappa shape index (κ2) is 5.58. The van der Waals surface area contributed by atoms with Crippen LogP contribution in [0.3, 0.4) is 0 Å². The van der Waals surface area contributed by atoms with E-state index in [1.165, 1.54) is 29.8 Å². The van der Waals surface area contributed by atoms with E-state index in [9.17, 15) is 0 Å². The highest BCUT2D eigenvalue weighted by molar-refractivity contribution is 7.15. The van der Waals surface area contributed by atoms with Gasteiger partial charge in [-0.3, -0.25) is 0 Å². The Morgan fingerprint density at radius 2 is 2.24 bits per heavy atom. The number of nitrogens with one attached hydrogen (secondary N) is 1. The molecule has 3 rings (SSSR count). The molecule has 21 heavy (non-hydrogen) atoms. The third-order valence-electron chi connectivity index (χ3n) is 4.04. The van der Waals surface area contributed by atoms with E-state index < -0.39 is 0 Å². The van der Waals surface area contributed by atoms with Crippen molar-refractivity contribution in [2.24, 2.45) is 0 Å². The summed E-state index contributed by atoms with van der Waals surface area (Å²) in [6.07, 6.45) is 5.44. The molecule has 0 bridgehead atoms. The molecule has 0 radical (unpaired) electrons. The van der Waals surface area contributed by atoms with Crippen LogP contribution in [-0.2, 0) is 6.42 Å². The molecule has 114 valence electrons. The van der Waals surface area contributed by atoms with Crippen LogP contribution in [0.4, 0.5) is 0 Å². The Morgan fingerprint density at radius 1 is 1.43 bits per heavy atom. The fourth-order valence-electron chi connectivity index (χ4n) is 2.86. The summed E-state index contributed by atoms with van der Waals surface area (Å²) in [5.41, 5.74) is 2.63. The van der Waals surface area contributed by atoms with Gasteiger partial charge in [-0.1, -0.05) is 0 Å². The number of fused-ring (bicyclic) bond motifs is 1. The van der Waals surface area contributed by atoms with Gasteiger partial charge in [0.25, 0.3) is 0 Å². The molecule has 1 atom stereocenters. The fraction of sp³-hybridized carbons (Fsp3) is 0.588. The van der Waals surface area contributed by atoms with Crippen LogP contribution in [0.2, 0.25) is 0 Å². The van der Waals surface area contributed by atoms with Gasteiger partial charge >= 0.3 is 0 Å². The topological polar surface area (TPSA) is 38.1 Å². The van der Waals surface area contributed by atoms with E-state index in [1.54, 1.807) is 6.26 Å². The van der Waals surface area contributed by atoms with Crippen molar-refractivity contribution in [3.8, 4) is 10.6 Å². The zero-order valence-corrected chi connectivity index (χ0v) is 14.1. The van der Waals surface area contributed by atoms with Gasteiger partial charge in [-0.15, -0.1) is 11.3 Å². The molecule has 0 saturated carbocycles. The summed E-state index contributed by atoms with van der Waals surface area (Å²) < 4.78 is 5.42. The first-order chi connectivity index (χ1) is 9.94. The Hall–Kier alpha value is -1.13. The second-order valence-corrected chi connectivity index (χ2v) is 8.02. The maximum atomic E-state index is 5.42. The van der Waals surface area contributed by atoms with Crippen molar-refractivity contribution in [3.05, 3.63) is 28.7 Å². The number of hydrogen-bond donors (Lipinski definition) is 1. The Bertz CT molecular complexity index is 621. The predicted octanol–water partition coefficient (Wildman–Crippen LogP) is 4.52. The molecule has 2 aromatic heterocycles. The lowest BCUT2D eigenvalue weighted by Crippen LogP contribution is -2.39. The average Bonchev–Trinajstić information content (AvgIpc) is 3.00. The van der Waals surface area contributed by atoms with E-state index in [-0.39, 0.29) is 5.54 Å². The van der Waals surface area contributed by atoms with Crippen molar-refractivity contribution in [3.63, 3.8) is 0 Å². The van der Waals surface area contributed by atoms with Crippen molar-refractivity contribution in [2.45, 2.75) is 58.4 Å². The minimum absolute atomic E-state index is 0.164. The van der Waals surface area contributed by atoms with Crippen LogP contribution in [0.25, 0.3) is 10.6 Å². The van der Waals surface area contributed by atoms with E-state index in [0.717, 1.165) is 22.9 Å². The highest BCUT2D eigenvalue weighted by Crippen LogP contribution is 2.39. The third-order valence-corrected chi connectivity index (χ3v) is 5.20. The van der Waals surface area contributed by atoms with Gasteiger partial charge in [0.05, 0.1) is 17.5 Å². The number of furan rings is 1. The molecular formula is C17H24N2OS. The summed E-state index contributed by atoms with van der Waals surface area (Å²) in [5.74, 6) is 1.51. The molecule has 0 fully saturated rings. The SMILES string of the molecule is Cc1occc1-c1nc2c(s1)CCCC2CNC(C)(C)C. The minimum atomic E-state index is 0.164. The molecule has 2 aromatic rings. The number of aryl methyl sites for hydroxylation is 2. The van der Waals surface area contributed by atoms with Crippen LogP contribution < -0.4 is 5.32 Å². The smallest absolute Gasteiger partial charge is 0.127 e. The maximum Gasteiger partial charge on any atom is 0.127 e. The first-order valence-corrected chi connectivity index (χ1v) is 8.55. The first-order valence-electron chi connectivity index (χ1n) is 7.73. The van der Waals surface area contributed by atoms with Crippen LogP contribution in [-0.4, -0.2) is 17.1 Å². The monoisotopic (exact) mass is 304 g/mol. The summed E-state index contributed by atoms with van der Waals surface area (Å²) in [6, 6.07) is 2.03. The van der Waals surface area contributed by atoms with Crippen LogP contribution in [0, 0.1) is 6.92 Å². The molecule has 1 aliphatic rings. The molecule has 0 aliphatic heterocycles. The molecule has 0 spiro atoms. The van der Waals surface area contributed by atoms with Gasteiger partial charge in [0.15, 0.2) is 0 Å². The lowest BCUT2D eigenvalue weighted by Gasteiger charge is -2.27. The quantitative estimate of drug-likeness (QED) is 0.906. The lowest BCUT2D eigenvalue weighted by molar-refractivity contribution is 0.388.